The number of anilines is 1. The fourth-order valence-corrected chi connectivity index (χ4v) is 2.21. The first kappa shape index (κ1) is 13.0. The van der Waals surface area contributed by atoms with Crippen LogP contribution in [0.1, 0.15) is 31.2 Å². The van der Waals surface area contributed by atoms with Crippen LogP contribution in [0.25, 0.3) is 0 Å². The third kappa shape index (κ3) is 2.14. The van der Waals surface area contributed by atoms with E-state index in [2.05, 4.69) is 15.2 Å². The van der Waals surface area contributed by atoms with Gasteiger partial charge >= 0.3 is 11.8 Å². The van der Waals surface area contributed by atoms with Crippen molar-refractivity contribution in [1.29, 1.82) is 0 Å². The number of aryl methyl sites for hydroxylation is 1. The second-order valence-electron chi connectivity index (χ2n) is 4.75. The fourth-order valence-electron chi connectivity index (χ4n) is 2.21. The molecular formula is C12H15F2N5O. The summed E-state index contributed by atoms with van der Waals surface area (Å²) >= 11 is 0. The molecular weight excluding hydrogens is 268 g/mol. The Morgan fingerprint density at radius 1 is 1.35 bits per heavy atom. The van der Waals surface area contributed by atoms with E-state index in [1.54, 1.807) is 0 Å². The molecule has 3 heterocycles. The predicted molar refractivity (Wildman–Crippen MR) is 66.6 cm³/mol. The first-order chi connectivity index (χ1) is 9.61. The van der Waals surface area contributed by atoms with Gasteiger partial charge in [-0.1, -0.05) is 0 Å². The molecule has 1 aliphatic rings. The van der Waals surface area contributed by atoms with Crippen LogP contribution in [0.15, 0.2) is 16.9 Å². The van der Waals surface area contributed by atoms with Crippen LogP contribution in [0.2, 0.25) is 0 Å². The van der Waals surface area contributed by atoms with E-state index in [1.807, 2.05) is 11.8 Å². The zero-order valence-corrected chi connectivity index (χ0v) is 11.1. The SMILES string of the molecule is CCn1cc(C(F)(F)c2nc(N3CCCC3)no2)cn1. The lowest BCUT2D eigenvalue weighted by Gasteiger charge is -2.11. The monoisotopic (exact) mass is 283 g/mol. The van der Waals surface area contributed by atoms with Gasteiger partial charge in [0, 0.05) is 25.8 Å². The first-order valence-corrected chi connectivity index (χ1v) is 6.61. The van der Waals surface area contributed by atoms with E-state index >= 15 is 0 Å². The smallest absolute Gasteiger partial charge is 0.338 e. The van der Waals surface area contributed by atoms with E-state index in [4.69, 9.17) is 4.52 Å². The Kier molecular flexibility index (Phi) is 3.15. The van der Waals surface area contributed by atoms with Crippen LogP contribution in [-0.2, 0) is 12.5 Å². The van der Waals surface area contributed by atoms with Crippen LogP contribution in [0.5, 0.6) is 0 Å². The molecule has 0 aromatic carbocycles. The van der Waals surface area contributed by atoms with Gasteiger partial charge in [-0.2, -0.15) is 18.9 Å². The van der Waals surface area contributed by atoms with Gasteiger partial charge in [0.05, 0.1) is 11.8 Å². The second kappa shape index (κ2) is 4.84. The summed E-state index contributed by atoms with van der Waals surface area (Å²) in [4.78, 5) is 5.68. The van der Waals surface area contributed by atoms with Gasteiger partial charge in [0.15, 0.2) is 0 Å². The molecule has 0 spiro atoms. The molecule has 1 saturated heterocycles. The Bertz CT molecular complexity index is 588. The summed E-state index contributed by atoms with van der Waals surface area (Å²) in [5, 5.41) is 7.50. The van der Waals surface area contributed by atoms with Crippen molar-refractivity contribution in [3.8, 4) is 0 Å². The minimum Gasteiger partial charge on any atom is -0.338 e. The van der Waals surface area contributed by atoms with Crippen molar-refractivity contribution in [3.63, 3.8) is 0 Å². The summed E-state index contributed by atoms with van der Waals surface area (Å²) in [5.41, 5.74) is -0.240. The standard InChI is InChI=1S/C12H15F2N5O/c1-2-19-8-9(7-15-19)12(13,14)10-16-11(17-20-10)18-5-3-4-6-18/h7-8H,2-6H2,1H3. The molecule has 1 aliphatic heterocycles. The summed E-state index contributed by atoms with van der Waals surface area (Å²) in [5.74, 6) is -3.77. The van der Waals surface area contributed by atoms with Crippen LogP contribution in [0.3, 0.4) is 0 Å². The molecule has 0 bridgehead atoms. The molecule has 0 saturated carbocycles. The number of rotatable bonds is 4. The van der Waals surface area contributed by atoms with E-state index in [0.29, 0.717) is 6.54 Å². The predicted octanol–water partition coefficient (Wildman–Crippen LogP) is 2.03. The summed E-state index contributed by atoms with van der Waals surface area (Å²) in [7, 11) is 0. The van der Waals surface area contributed by atoms with Gasteiger partial charge in [-0.25, -0.2) is 0 Å². The molecule has 8 heteroatoms. The summed E-state index contributed by atoms with van der Waals surface area (Å²) in [6.45, 7) is 3.91. The fraction of sp³-hybridized carbons (Fsp3) is 0.583. The van der Waals surface area contributed by atoms with Gasteiger partial charge in [0.1, 0.15) is 0 Å². The van der Waals surface area contributed by atoms with E-state index < -0.39 is 11.8 Å². The number of hydrogen-bond donors (Lipinski definition) is 0. The van der Waals surface area contributed by atoms with Crippen molar-refractivity contribution in [2.45, 2.75) is 32.2 Å². The van der Waals surface area contributed by atoms with Crippen LogP contribution >= 0.6 is 0 Å². The van der Waals surface area contributed by atoms with Crippen molar-refractivity contribution >= 4 is 5.95 Å². The third-order valence-corrected chi connectivity index (χ3v) is 3.39. The highest BCUT2D eigenvalue weighted by Crippen LogP contribution is 2.35. The van der Waals surface area contributed by atoms with Gasteiger partial charge in [-0.05, 0) is 24.9 Å². The zero-order chi connectivity index (χ0) is 14.2. The van der Waals surface area contributed by atoms with Crippen LogP contribution in [-0.4, -0.2) is 33.0 Å². The van der Waals surface area contributed by atoms with Gasteiger partial charge in [-0.3, -0.25) is 4.68 Å². The molecule has 0 unspecified atom stereocenters. The van der Waals surface area contributed by atoms with Gasteiger partial charge in [-0.15, -0.1) is 0 Å². The minimum atomic E-state index is -3.32. The zero-order valence-electron chi connectivity index (χ0n) is 11.1. The highest BCUT2D eigenvalue weighted by atomic mass is 19.3. The minimum absolute atomic E-state index is 0.236. The Morgan fingerprint density at radius 3 is 2.75 bits per heavy atom. The lowest BCUT2D eigenvalue weighted by atomic mass is 10.2. The number of halogens is 2. The molecule has 0 radical (unpaired) electrons. The molecule has 2 aromatic heterocycles. The molecule has 1 fully saturated rings. The Labute approximate surface area is 114 Å². The van der Waals surface area contributed by atoms with Crippen molar-refractivity contribution in [3.05, 3.63) is 23.8 Å². The quantitative estimate of drug-likeness (QED) is 0.859. The van der Waals surface area contributed by atoms with Crippen molar-refractivity contribution < 1.29 is 13.3 Å². The lowest BCUT2D eigenvalue weighted by Crippen LogP contribution is -2.20. The average molecular weight is 283 g/mol. The van der Waals surface area contributed by atoms with Gasteiger partial charge in [0.2, 0.25) is 0 Å². The summed E-state index contributed by atoms with van der Waals surface area (Å²) in [6.07, 6.45) is 4.45. The highest BCUT2D eigenvalue weighted by molar-refractivity contribution is 5.31. The van der Waals surface area contributed by atoms with Crippen LogP contribution in [0, 0.1) is 0 Å². The lowest BCUT2D eigenvalue weighted by molar-refractivity contribution is 0.00753. The largest absolute Gasteiger partial charge is 0.353 e. The maximum atomic E-state index is 14.3. The molecule has 0 amide bonds. The van der Waals surface area contributed by atoms with Gasteiger partial charge in [0.25, 0.3) is 5.95 Å². The number of alkyl halides is 2. The maximum absolute atomic E-state index is 14.3. The summed E-state index contributed by atoms with van der Waals surface area (Å²) in [6, 6.07) is 0. The first-order valence-electron chi connectivity index (χ1n) is 6.61. The number of hydrogen-bond acceptors (Lipinski definition) is 5. The normalized spacial score (nSPS) is 16.1. The van der Waals surface area contributed by atoms with Crippen molar-refractivity contribution in [2.75, 3.05) is 18.0 Å². The number of aromatic nitrogens is 4. The Morgan fingerprint density at radius 2 is 2.10 bits per heavy atom. The molecule has 0 N–H and O–H groups in total. The second-order valence-corrected chi connectivity index (χ2v) is 4.75. The Hall–Kier alpha value is -1.99. The average Bonchev–Trinajstić information content (AvgIpc) is 3.18. The molecule has 6 nitrogen and oxygen atoms in total. The Balaban J connectivity index is 1.86. The molecule has 0 aliphatic carbocycles. The number of nitrogens with zero attached hydrogens (tertiary/aromatic N) is 5. The van der Waals surface area contributed by atoms with Crippen LogP contribution < -0.4 is 4.90 Å². The van der Waals surface area contributed by atoms with Crippen molar-refractivity contribution in [1.82, 2.24) is 19.9 Å². The third-order valence-electron chi connectivity index (χ3n) is 3.39. The van der Waals surface area contributed by atoms with E-state index in [9.17, 15) is 8.78 Å². The highest BCUT2D eigenvalue weighted by Gasteiger charge is 2.42. The molecule has 3 rings (SSSR count). The molecule has 0 atom stereocenters. The molecule has 2 aromatic rings. The van der Waals surface area contributed by atoms with Gasteiger partial charge < -0.3 is 9.42 Å². The van der Waals surface area contributed by atoms with Crippen LogP contribution in [0.4, 0.5) is 14.7 Å². The van der Waals surface area contributed by atoms with E-state index in [0.717, 1.165) is 32.1 Å². The molecule has 108 valence electrons. The topological polar surface area (TPSA) is 60.0 Å². The maximum Gasteiger partial charge on any atom is 0.353 e. The van der Waals surface area contributed by atoms with E-state index in [-0.39, 0.29) is 11.5 Å². The molecule has 20 heavy (non-hydrogen) atoms. The van der Waals surface area contributed by atoms with E-state index in [1.165, 1.54) is 10.9 Å². The van der Waals surface area contributed by atoms with Crippen molar-refractivity contribution in [2.24, 2.45) is 0 Å². The summed E-state index contributed by atoms with van der Waals surface area (Å²) < 4.78 is 34.7.